The highest BCUT2D eigenvalue weighted by Gasteiger charge is 2.26. The van der Waals surface area contributed by atoms with Gasteiger partial charge in [-0.3, -0.25) is 4.79 Å². The maximum absolute atomic E-state index is 12.0. The van der Waals surface area contributed by atoms with Gasteiger partial charge in [0.2, 0.25) is 0 Å². The summed E-state index contributed by atoms with van der Waals surface area (Å²) >= 11 is 5.77. The Balaban J connectivity index is 2.08. The number of phenolic OH excluding ortho intramolecular Hbond substituents is 1. The second kappa shape index (κ2) is 4.74. The molecule has 1 aliphatic heterocycles. The van der Waals surface area contributed by atoms with E-state index in [0.29, 0.717) is 17.4 Å². The van der Waals surface area contributed by atoms with Crippen LogP contribution < -0.4 is 0 Å². The van der Waals surface area contributed by atoms with Gasteiger partial charge in [0.05, 0.1) is 0 Å². The Hall–Kier alpha value is -1.22. The summed E-state index contributed by atoms with van der Waals surface area (Å²) in [5.74, 6) is 1.11. The van der Waals surface area contributed by atoms with Crippen molar-refractivity contribution >= 4 is 17.5 Å². The van der Waals surface area contributed by atoms with E-state index in [1.54, 1.807) is 23.1 Å². The lowest BCUT2D eigenvalue weighted by Gasteiger charge is -2.16. The van der Waals surface area contributed by atoms with Crippen molar-refractivity contribution in [3.63, 3.8) is 0 Å². The Morgan fingerprint density at radius 3 is 3.00 bits per heavy atom. The first-order valence-corrected chi connectivity index (χ1v) is 5.88. The van der Waals surface area contributed by atoms with Crippen molar-refractivity contribution in [1.29, 1.82) is 0 Å². The van der Waals surface area contributed by atoms with Gasteiger partial charge in [-0.05, 0) is 30.5 Å². The van der Waals surface area contributed by atoms with Gasteiger partial charge in [-0.1, -0.05) is 6.07 Å². The van der Waals surface area contributed by atoms with Crippen LogP contribution in [0.4, 0.5) is 0 Å². The van der Waals surface area contributed by atoms with Crippen LogP contribution in [-0.2, 0) is 0 Å². The van der Waals surface area contributed by atoms with E-state index in [9.17, 15) is 9.90 Å². The number of nitrogens with zero attached hydrogens (tertiary/aromatic N) is 1. The Morgan fingerprint density at radius 1 is 1.56 bits per heavy atom. The number of aromatic hydroxyl groups is 1. The Labute approximate surface area is 99.6 Å². The summed E-state index contributed by atoms with van der Waals surface area (Å²) in [6.07, 6.45) is 0.966. The van der Waals surface area contributed by atoms with Gasteiger partial charge >= 0.3 is 0 Å². The van der Waals surface area contributed by atoms with Gasteiger partial charge in [0, 0.05) is 24.5 Å². The van der Waals surface area contributed by atoms with Gasteiger partial charge in [-0.2, -0.15) is 0 Å². The van der Waals surface area contributed by atoms with Gasteiger partial charge in [0.25, 0.3) is 5.91 Å². The molecule has 0 aromatic heterocycles. The van der Waals surface area contributed by atoms with Crippen molar-refractivity contribution in [3.8, 4) is 5.75 Å². The molecule has 1 N–H and O–H groups in total. The summed E-state index contributed by atoms with van der Waals surface area (Å²) in [6.45, 7) is 1.48. The summed E-state index contributed by atoms with van der Waals surface area (Å²) in [7, 11) is 0. The van der Waals surface area contributed by atoms with Crippen LogP contribution in [0.1, 0.15) is 16.8 Å². The van der Waals surface area contributed by atoms with E-state index in [2.05, 4.69) is 0 Å². The Bertz CT molecular complexity index is 394. The highest BCUT2D eigenvalue weighted by Crippen LogP contribution is 2.21. The summed E-state index contributed by atoms with van der Waals surface area (Å²) < 4.78 is 0. The number of halogens is 1. The second-order valence-electron chi connectivity index (χ2n) is 4.11. The molecule has 0 radical (unpaired) electrons. The molecule has 1 amide bonds. The van der Waals surface area contributed by atoms with E-state index >= 15 is 0 Å². The van der Waals surface area contributed by atoms with Crippen LogP contribution in [0.3, 0.4) is 0 Å². The van der Waals surface area contributed by atoms with E-state index in [1.165, 1.54) is 6.07 Å². The lowest BCUT2D eigenvalue weighted by molar-refractivity contribution is 0.0788. The first-order valence-electron chi connectivity index (χ1n) is 5.35. The lowest BCUT2D eigenvalue weighted by atomic mass is 10.1. The smallest absolute Gasteiger partial charge is 0.253 e. The lowest BCUT2D eigenvalue weighted by Crippen LogP contribution is -2.28. The average molecular weight is 240 g/mol. The molecular formula is C12H14ClNO2. The van der Waals surface area contributed by atoms with E-state index < -0.39 is 0 Å². The molecule has 3 nitrogen and oxygen atoms in total. The van der Waals surface area contributed by atoms with Gasteiger partial charge in [0.1, 0.15) is 5.75 Å². The predicted molar refractivity (Wildman–Crippen MR) is 62.8 cm³/mol. The molecule has 1 atom stereocenters. The van der Waals surface area contributed by atoms with Crippen LogP contribution in [0.5, 0.6) is 5.75 Å². The number of hydrogen-bond donors (Lipinski definition) is 1. The van der Waals surface area contributed by atoms with Gasteiger partial charge in [0.15, 0.2) is 0 Å². The maximum atomic E-state index is 12.0. The Kier molecular flexibility index (Phi) is 3.34. The third-order valence-corrected chi connectivity index (χ3v) is 3.32. The third kappa shape index (κ3) is 2.30. The number of phenols is 1. The van der Waals surface area contributed by atoms with E-state index in [-0.39, 0.29) is 11.7 Å². The molecule has 1 aromatic rings. The molecule has 1 fully saturated rings. The fourth-order valence-corrected chi connectivity index (χ4v) is 2.22. The molecule has 1 aromatic carbocycles. The van der Waals surface area contributed by atoms with Crippen molar-refractivity contribution in [3.05, 3.63) is 29.8 Å². The summed E-state index contributed by atoms with van der Waals surface area (Å²) in [5.41, 5.74) is 0.537. The highest BCUT2D eigenvalue weighted by molar-refractivity contribution is 6.18. The zero-order chi connectivity index (χ0) is 11.5. The average Bonchev–Trinajstić information content (AvgIpc) is 2.76. The number of likely N-dealkylation sites (tertiary alicyclic amines) is 1. The minimum Gasteiger partial charge on any atom is -0.508 e. The third-order valence-electron chi connectivity index (χ3n) is 2.88. The second-order valence-corrected chi connectivity index (χ2v) is 4.42. The van der Waals surface area contributed by atoms with Gasteiger partial charge in [-0.25, -0.2) is 0 Å². The standard InChI is InChI=1S/C12H14ClNO2/c13-7-9-4-5-14(8-9)12(16)10-2-1-3-11(15)6-10/h1-3,6,9,15H,4-5,7-8H2. The topological polar surface area (TPSA) is 40.5 Å². The number of rotatable bonds is 2. The van der Waals surface area contributed by atoms with Crippen LogP contribution in [0, 0.1) is 5.92 Å². The molecule has 0 spiro atoms. The monoisotopic (exact) mass is 239 g/mol. The quantitative estimate of drug-likeness (QED) is 0.803. The molecule has 1 aliphatic rings. The molecule has 1 heterocycles. The Morgan fingerprint density at radius 2 is 2.38 bits per heavy atom. The van der Waals surface area contributed by atoms with Crippen molar-refractivity contribution in [2.45, 2.75) is 6.42 Å². The van der Waals surface area contributed by atoms with E-state index in [4.69, 9.17) is 11.6 Å². The first kappa shape index (κ1) is 11.3. The highest BCUT2D eigenvalue weighted by atomic mass is 35.5. The maximum Gasteiger partial charge on any atom is 0.253 e. The fourth-order valence-electron chi connectivity index (χ4n) is 1.96. The minimum atomic E-state index is -0.0245. The molecule has 0 aliphatic carbocycles. The van der Waals surface area contributed by atoms with Crippen molar-refractivity contribution in [1.82, 2.24) is 4.90 Å². The van der Waals surface area contributed by atoms with Crippen molar-refractivity contribution in [2.75, 3.05) is 19.0 Å². The molecule has 0 saturated carbocycles. The van der Waals surface area contributed by atoms with Gasteiger partial charge < -0.3 is 10.0 Å². The number of carbonyl (C=O) groups is 1. The summed E-state index contributed by atoms with van der Waals surface area (Å²) in [5, 5.41) is 9.31. The number of hydrogen-bond acceptors (Lipinski definition) is 2. The molecule has 4 heteroatoms. The molecule has 2 rings (SSSR count). The van der Waals surface area contributed by atoms with Crippen LogP contribution in [0.2, 0.25) is 0 Å². The molecule has 1 saturated heterocycles. The SMILES string of the molecule is O=C(c1cccc(O)c1)N1CCC(CCl)C1. The van der Waals surface area contributed by atoms with Crippen molar-refractivity contribution < 1.29 is 9.90 Å². The number of benzene rings is 1. The van der Waals surface area contributed by atoms with E-state index in [0.717, 1.165) is 19.5 Å². The van der Waals surface area contributed by atoms with Crippen LogP contribution >= 0.6 is 11.6 Å². The summed E-state index contributed by atoms with van der Waals surface area (Å²) in [6, 6.07) is 6.45. The molecule has 86 valence electrons. The number of carbonyl (C=O) groups excluding carboxylic acids is 1. The summed E-state index contributed by atoms with van der Waals surface area (Å²) in [4.78, 5) is 13.8. The minimum absolute atomic E-state index is 0.0245. The largest absolute Gasteiger partial charge is 0.508 e. The zero-order valence-corrected chi connectivity index (χ0v) is 9.65. The van der Waals surface area contributed by atoms with Gasteiger partial charge in [-0.15, -0.1) is 11.6 Å². The van der Waals surface area contributed by atoms with E-state index in [1.807, 2.05) is 0 Å². The molecule has 16 heavy (non-hydrogen) atoms. The number of alkyl halides is 1. The van der Waals surface area contributed by atoms with Crippen LogP contribution in [-0.4, -0.2) is 34.9 Å². The number of amides is 1. The molecular weight excluding hydrogens is 226 g/mol. The normalized spacial score (nSPS) is 20.1. The fraction of sp³-hybridized carbons (Fsp3) is 0.417. The zero-order valence-electron chi connectivity index (χ0n) is 8.90. The van der Waals surface area contributed by atoms with Crippen molar-refractivity contribution in [2.24, 2.45) is 5.92 Å². The first-order chi connectivity index (χ1) is 7.70. The molecule has 1 unspecified atom stereocenters. The van der Waals surface area contributed by atoms with Crippen LogP contribution in [0.25, 0.3) is 0 Å². The predicted octanol–water partition coefficient (Wildman–Crippen LogP) is 2.09. The van der Waals surface area contributed by atoms with Crippen LogP contribution in [0.15, 0.2) is 24.3 Å². The molecule has 0 bridgehead atoms.